The average Bonchev–Trinajstić information content (AvgIpc) is 2.13. The largest absolute Gasteiger partial charge is 0.467 e. The molecule has 1 amide bonds. The van der Waals surface area contributed by atoms with Crippen LogP contribution in [-0.4, -0.2) is 36.9 Å². The third-order valence-electron chi connectivity index (χ3n) is 1.23. The summed E-state index contributed by atoms with van der Waals surface area (Å²) < 4.78 is 8.83. The van der Waals surface area contributed by atoms with Crippen molar-refractivity contribution in [3.63, 3.8) is 0 Å². The molecular formula is C7H11NO5S. The molecule has 0 rings (SSSR count). The van der Waals surface area contributed by atoms with Gasteiger partial charge in [-0.3, -0.25) is 4.79 Å². The van der Waals surface area contributed by atoms with E-state index in [1.54, 1.807) is 6.92 Å². The Bertz CT molecular complexity index is 242. The lowest BCUT2D eigenvalue weighted by atomic mass is 10.3. The fourth-order valence-corrected chi connectivity index (χ4v) is 0.810. The molecule has 7 heteroatoms. The van der Waals surface area contributed by atoms with E-state index >= 15 is 0 Å². The Labute approximate surface area is 86.3 Å². The predicted molar refractivity (Wildman–Crippen MR) is 50.0 cm³/mol. The second kappa shape index (κ2) is 6.25. The summed E-state index contributed by atoms with van der Waals surface area (Å²) in [6.07, 6.45) is 0. The number of amides is 1. The van der Waals surface area contributed by atoms with Gasteiger partial charge in [0.15, 0.2) is 0 Å². The topological polar surface area (TPSA) is 81.7 Å². The maximum Gasteiger partial charge on any atom is 0.340 e. The van der Waals surface area contributed by atoms with Gasteiger partial charge in [-0.05, 0) is 6.92 Å². The molecule has 1 N–H and O–H groups in total. The van der Waals surface area contributed by atoms with Gasteiger partial charge < -0.3 is 14.8 Å². The fraction of sp³-hybridized carbons (Fsp3) is 0.571. The van der Waals surface area contributed by atoms with Crippen molar-refractivity contribution in [3.05, 3.63) is 0 Å². The van der Waals surface area contributed by atoms with Crippen molar-refractivity contribution < 1.29 is 23.9 Å². The molecule has 0 spiro atoms. The maximum absolute atomic E-state index is 11.1. The molecule has 0 saturated heterocycles. The molecule has 0 aliphatic heterocycles. The summed E-state index contributed by atoms with van der Waals surface area (Å²) in [5.74, 6) is -1.77. The van der Waals surface area contributed by atoms with Crippen molar-refractivity contribution in [2.75, 3.05) is 13.7 Å². The zero-order valence-corrected chi connectivity index (χ0v) is 8.67. The maximum atomic E-state index is 11.1. The number of carbonyl (C=O) groups excluding carboxylic acids is 3. The second-order valence-corrected chi connectivity index (χ2v) is 2.56. The van der Waals surface area contributed by atoms with Gasteiger partial charge in [-0.15, -0.1) is 0 Å². The van der Waals surface area contributed by atoms with E-state index in [0.717, 1.165) is 7.11 Å². The number of hydrogen-bond donors (Lipinski definition) is 2. The van der Waals surface area contributed by atoms with E-state index in [4.69, 9.17) is 0 Å². The Morgan fingerprint density at radius 2 is 1.93 bits per heavy atom. The number of carbonyl (C=O) groups is 3. The molecule has 1 unspecified atom stereocenters. The zero-order chi connectivity index (χ0) is 11.1. The molecule has 0 aromatic rings. The molecular weight excluding hydrogens is 210 g/mol. The summed E-state index contributed by atoms with van der Waals surface area (Å²) in [5.41, 5.74) is 0. The number of nitrogens with one attached hydrogen (secondary N) is 1. The summed E-state index contributed by atoms with van der Waals surface area (Å²) in [7, 11) is 1.10. The SMILES string of the molecule is CCOC(=O)C(NC(=O)S)C(=O)OC. The first-order valence-corrected chi connectivity index (χ1v) is 4.21. The highest BCUT2D eigenvalue weighted by Crippen LogP contribution is 1.94. The van der Waals surface area contributed by atoms with Crippen molar-refractivity contribution in [3.8, 4) is 0 Å². The predicted octanol–water partition coefficient (Wildman–Crippen LogP) is -0.269. The molecule has 1 atom stereocenters. The monoisotopic (exact) mass is 221 g/mol. The Morgan fingerprint density at radius 3 is 2.29 bits per heavy atom. The average molecular weight is 221 g/mol. The van der Waals surface area contributed by atoms with Crippen molar-refractivity contribution >= 4 is 29.8 Å². The molecule has 0 heterocycles. The minimum atomic E-state index is -1.45. The van der Waals surface area contributed by atoms with Gasteiger partial charge in [0, 0.05) is 0 Å². The number of ether oxygens (including phenoxy) is 2. The summed E-state index contributed by atoms with van der Waals surface area (Å²) >= 11 is 3.37. The highest BCUT2D eigenvalue weighted by Gasteiger charge is 2.29. The van der Waals surface area contributed by atoms with Gasteiger partial charge in [-0.2, -0.15) is 0 Å². The Morgan fingerprint density at radius 1 is 1.36 bits per heavy atom. The first-order chi connectivity index (χ1) is 6.52. The summed E-state index contributed by atoms with van der Waals surface area (Å²) in [6, 6.07) is -1.45. The minimum Gasteiger partial charge on any atom is -0.467 e. The number of methoxy groups -OCH3 is 1. The van der Waals surface area contributed by atoms with Crippen LogP contribution in [0.25, 0.3) is 0 Å². The van der Waals surface area contributed by atoms with Crippen LogP contribution in [-0.2, 0) is 19.1 Å². The van der Waals surface area contributed by atoms with Gasteiger partial charge in [-0.25, -0.2) is 9.59 Å². The third-order valence-corrected chi connectivity index (χ3v) is 1.36. The van der Waals surface area contributed by atoms with Gasteiger partial charge in [0.25, 0.3) is 5.24 Å². The normalized spacial score (nSPS) is 11.4. The van der Waals surface area contributed by atoms with E-state index in [1.165, 1.54) is 0 Å². The van der Waals surface area contributed by atoms with E-state index in [1.807, 2.05) is 5.32 Å². The van der Waals surface area contributed by atoms with E-state index in [-0.39, 0.29) is 6.61 Å². The highest BCUT2D eigenvalue weighted by molar-refractivity contribution is 7.96. The number of hydrogen-bond acceptors (Lipinski definition) is 5. The standard InChI is InChI=1S/C7H11NO5S/c1-3-13-6(10)4(5(9)12-2)8-7(11)14/h4H,3H2,1-2H3,(H2,8,11,14). The van der Waals surface area contributed by atoms with Crippen LogP contribution >= 0.6 is 12.6 Å². The van der Waals surface area contributed by atoms with Crippen LogP contribution in [0.1, 0.15) is 6.92 Å². The first kappa shape index (κ1) is 12.8. The summed E-state index contributed by atoms with van der Waals surface area (Å²) in [5, 5.41) is 1.18. The van der Waals surface area contributed by atoms with E-state index in [9.17, 15) is 14.4 Å². The lowest BCUT2D eigenvalue weighted by molar-refractivity contribution is -0.156. The minimum absolute atomic E-state index is 0.106. The van der Waals surface area contributed by atoms with Crippen molar-refractivity contribution in [2.24, 2.45) is 0 Å². The van der Waals surface area contributed by atoms with Gasteiger partial charge >= 0.3 is 11.9 Å². The molecule has 0 radical (unpaired) electrons. The van der Waals surface area contributed by atoms with Crippen LogP contribution in [0.5, 0.6) is 0 Å². The smallest absolute Gasteiger partial charge is 0.340 e. The number of thiol groups is 1. The van der Waals surface area contributed by atoms with Crippen LogP contribution in [0.4, 0.5) is 4.79 Å². The number of esters is 2. The Hall–Kier alpha value is -1.24. The van der Waals surface area contributed by atoms with Gasteiger partial charge in [0.1, 0.15) is 0 Å². The Balaban J connectivity index is 4.45. The molecule has 0 bridgehead atoms. The summed E-state index contributed by atoms with van der Waals surface area (Å²) in [6.45, 7) is 1.68. The van der Waals surface area contributed by atoms with Crippen LogP contribution in [0.2, 0.25) is 0 Å². The van der Waals surface area contributed by atoms with Crippen molar-refractivity contribution in [1.82, 2.24) is 5.32 Å². The van der Waals surface area contributed by atoms with Crippen molar-refractivity contribution in [2.45, 2.75) is 13.0 Å². The molecule has 0 fully saturated rings. The van der Waals surface area contributed by atoms with Crippen LogP contribution in [0.3, 0.4) is 0 Å². The van der Waals surface area contributed by atoms with Gasteiger partial charge in [-0.1, -0.05) is 12.6 Å². The third kappa shape index (κ3) is 4.13. The molecule has 80 valence electrons. The van der Waals surface area contributed by atoms with Gasteiger partial charge in [0.2, 0.25) is 6.04 Å². The fourth-order valence-electron chi connectivity index (χ4n) is 0.681. The molecule has 0 aromatic carbocycles. The lowest BCUT2D eigenvalue weighted by Crippen LogP contribution is -2.46. The van der Waals surface area contributed by atoms with Crippen LogP contribution < -0.4 is 5.32 Å². The molecule has 0 aliphatic rings. The van der Waals surface area contributed by atoms with E-state index in [0.29, 0.717) is 0 Å². The quantitative estimate of drug-likeness (QED) is 0.388. The molecule has 6 nitrogen and oxygen atoms in total. The first-order valence-electron chi connectivity index (χ1n) is 3.76. The van der Waals surface area contributed by atoms with E-state index < -0.39 is 23.2 Å². The Kier molecular flexibility index (Phi) is 5.70. The van der Waals surface area contributed by atoms with E-state index in [2.05, 4.69) is 22.1 Å². The molecule has 0 aromatic heterocycles. The molecule has 0 aliphatic carbocycles. The summed E-state index contributed by atoms with van der Waals surface area (Å²) in [4.78, 5) is 32.6. The highest BCUT2D eigenvalue weighted by atomic mass is 32.1. The molecule has 14 heavy (non-hydrogen) atoms. The van der Waals surface area contributed by atoms with Crippen LogP contribution in [0, 0.1) is 0 Å². The number of rotatable bonds is 4. The van der Waals surface area contributed by atoms with Crippen molar-refractivity contribution in [1.29, 1.82) is 0 Å². The molecule has 0 saturated carbocycles. The second-order valence-electron chi connectivity index (χ2n) is 2.16. The van der Waals surface area contributed by atoms with Gasteiger partial charge in [0.05, 0.1) is 13.7 Å². The zero-order valence-electron chi connectivity index (χ0n) is 7.77. The van der Waals surface area contributed by atoms with Crippen LogP contribution in [0.15, 0.2) is 0 Å². The lowest BCUT2D eigenvalue weighted by Gasteiger charge is -2.12.